The molecule has 0 spiro atoms. The third-order valence-corrected chi connectivity index (χ3v) is 4.68. The molecule has 2 N–H and O–H groups in total. The number of H-pyrrole nitrogens is 1. The molecule has 0 atom stereocenters. The van der Waals surface area contributed by atoms with Crippen molar-refractivity contribution < 1.29 is 9.32 Å². The Kier molecular flexibility index (Phi) is 4.43. The van der Waals surface area contributed by atoms with E-state index in [0.717, 1.165) is 28.2 Å². The van der Waals surface area contributed by atoms with E-state index in [9.17, 15) is 4.79 Å². The van der Waals surface area contributed by atoms with Crippen LogP contribution in [-0.2, 0) is 6.42 Å². The van der Waals surface area contributed by atoms with Crippen molar-refractivity contribution in [2.75, 3.05) is 5.32 Å². The topological polar surface area (TPSA) is 96.7 Å². The Hall–Kier alpha value is -3.48. The summed E-state index contributed by atoms with van der Waals surface area (Å²) in [6.45, 7) is 7.74. The molecule has 142 valence electrons. The minimum atomic E-state index is -0.231. The molecule has 7 heteroatoms. The summed E-state index contributed by atoms with van der Waals surface area (Å²) in [5.74, 6) is -0.231. The normalized spacial score (nSPS) is 11.1. The second-order valence-electron chi connectivity index (χ2n) is 6.90. The summed E-state index contributed by atoms with van der Waals surface area (Å²) in [6, 6.07) is 9.62. The number of nitrogens with one attached hydrogen (secondary N) is 2. The van der Waals surface area contributed by atoms with Crippen LogP contribution in [0.3, 0.4) is 0 Å². The number of hydrogen-bond acceptors (Lipinski definition) is 5. The van der Waals surface area contributed by atoms with Crippen molar-refractivity contribution >= 4 is 22.7 Å². The van der Waals surface area contributed by atoms with Crippen molar-refractivity contribution in [3.8, 4) is 11.3 Å². The van der Waals surface area contributed by atoms with E-state index in [0.29, 0.717) is 34.5 Å². The van der Waals surface area contributed by atoms with Gasteiger partial charge in [-0.15, -0.1) is 0 Å². The average Bonchev–Trinajstić information content (AvgIpc) is 3.28. The third kappa shape index (κ3) is 3.15. The second kappa shape index (κ2) is 6.92. The Morgan fingerprint density at radius 3 is 2.71 bits per heavy atom. The zero-order chi connectivity index (χ0) is 19.8. The maximum atomic E-state index is 13.2. The molecule has 28 heavy (non-hydrogen) atoms. The van der Waals surface area contributed by atoms with Gasteiger partial charge in [-0.2, -0.15) is 5.10 Å². The van der Waals surface area contributed by atoms with Gasteiger partial charge in [-0.25, -0.2) is 4.98 Å². The van der Waals surface area contributed by atoms with Crippen LogP contribution in [0.15, 0.2) is 34.9 Å². The number of anilines is 1. The molecule has 0 aliphatic carbocycles. The summed E-state index contributed by atoms with van der Waals surface area (Å²) in [6.07, 6.45) is 0.693. The van der Waals surface area contributed by atoms with Gasteiger partial charge in [0.05, 0.1) is 28.0 Å². The van der Waals surface area contributed by atoms with Gasteiger partial charge < -0.3 is 9.84 Å². The van der Waals surface area contributed by atoms with Crippen molar-refractivity contribution in [1.82, 2.24) is 20.3 Å². The van der Waals surface area contributed by atoms with Gasteiger partial charge in [-0.05, 0) is 51.5 Å². The summed E-state index contributed by atoms with van der Waals surface area (Å²) >= 11 is 0. The highest BCUT2D eigenvalue weighted by Crippen LogP contribution is 2.30. The molecule has 0 saturated heterocycles. The Morgan fingerprint density at radius 2 is 2.00 bits per heavy atom. The number of amides is 1. The largest absolute Gasteiger partial charge is 0.336 e. The summed E-state index contributed by atoms with van der Waals surface area (Å²) in [5, 5.41) is 14.9. The second-order valence-corrected chi connectivity index (χ2v) is 6.90. The number of benzene rings is 1. The van der Waals surface area contributed by atoms with E-state index in [1.165, 1.54) is 0 Å². The maximum Gasteiger partial charge on any atom is 0.258 e. The van der Waals surface area contributed by atoms with Gasteiger partial charge >= 0.3 is 0 Å². The molecule has 0 fully saturated rings. The lowest BCUT2D eigenvalue weighted by Gasteiger charge is -2.12. The molecule has 1 aromatic carbocycles. The first-order chi connectivity index (χ1) is 13.5. The average molecular weight is 375 g/mol. The molecular formula is C21H21N5O2. The zero-order valence-corrected chi connectivity index (χ0v) is 16.3. The van der Waals surface area contributed by atoms with Crippen molar-refractivity contribution in [2.45, 2.75) is 34.1 Å². The van der Waals surface area contributed by atoms with Gasteiger partial charge in [0.15, 0.2) is 0 Å². The molecule has 0 unspecified atom stereocenters. The Labute approximate surface area is 162 Å². The van der Waals surface area contributed by atoms with Crippen LogP contribution < -0.4 is 5.32 Å². The molecule has 3 aromatic heterocycles. The molecule has 0 aliphatic rings. The number of hydrogen-bond donors (Lipinski definition) is 2. The van der Waals surface area contributed by atoms with Crippen molar-refractivity contribution in [2.24, 2.45) is 0 Å². The lowest BCUT2D eigenvalue weighted by Crippen LogP contribution is -2.14. The van der Waals surface area contributed by atoms with Crippen LogP contribution in [0.4, 0.5) is 5.69 Å². The van der Waals surface area contributed by atoms with Crippen molar-refractivity contribution in [3.63, 3.8) is 0 Å². The number of carbonyl (C=O) groups excluding carboxylic acids is 1. The standard InChI is InChI=1S/C21H21N5O2/c1-5-14-10-16(19-13(4)26-28-21(19)22-14)20(27)23-17-7-6-11(2)8-15(17)18-9-12(3)24-25-18/h6-10H,5H2,1-4H3,(H,23,27)(H,24,25). The highest BCUT2D eigenvalue weighted by Gasteiger charge is 2.20. The molecule has 4 aromatic rings. The smallest absolute Gasteiger partial charge is 0.258 e. The number of fused-ring (bicyclic) bond motifs is 1. The lowest BCUT2D eigenvalue weighted by atomic mass is 10.0. The minimum Gasteiger partial charge on any atom is -0.336 e. The van der Waals surface area contributed by atoms with E-state index in [4.69, 9.17) is 4.52 Å². The molecule has 3 heterocycles. The van der Waals surface area contributed by atoms with Crippen molar-refractivity contribution in [1.29, 1.82) is 0 Å². The maximum absolute atomic E-state index is 13.2. The van der Waals surface area contributed by atoms with Gasteiger partial charge in [-0.3, -0.25) is 9.89 Å². The first-order valence-electron chi connectivity index (χ1n) is 9.16. The third-order valence-electron chi connectivity index (χ3n) is 4.68. The van der Waals surface area contributed by atoms with Gasteiger partial charge in [-0.1, -0.05) is 23.7 Å². The fourth-order valence-corrected chi connectivity index (χ4v) is 3.23. The fourth-order valence-electron chi connectivity index (χ4n) is 3.23. The predicted molar refractivity (Wildman–Crippen MR) is 107 cm³/mol. The van der Waals surface area contributed by atoms with Gasteiger partial charge in [0.25, 0.3) is 11.6 Å². The van der Waals surface area contributed by atoms with E-state index in [1.807, 2.05) is 45.0 Å². The molecule has 0 aliphatic heterocycles. The van der Waals surface area contributed by atoms with Crippen molar-refractivity contribution in [3.05, 3.63) is 58.5 Å². The molecule has 0 saturated carbocycles. The Morgan fingerprint density at radius 1 is 1.18 bits per heavy atom. The van der Waals surface area contributed by atoms with Gasteiger partial charge in [0, 0.05) is 17.0 Å². The first kappa shape index (κ1) is 17.9. The summed E-state index contributed by atoms with van der Waals surface area (Å²) in [4.78, 5) is 17.6. The Balaban J connectivity index is 1.78. The number of nitrogens with zero attached hydrogens (tertiary/aromatic N) is 3. The van der Waals surface area contributed by atoms with Gasteiger partial charge in [0.2, 0.25) is 0 Å². The van der Waals surface area contributed by atoms with E-state index in [-0.39, 0.29) is 5.91 Å². The zero-order valence-electron chi connectivity index (χ0n) is 16.3. The summed E-state index contributed by atoms with van der Waals surface area (Å²) < 4.78 is 5.29. The molecule has 0 radical (unpaired) electrons. The summed E-state index contributed by atoms with van der Waals surface area (Å²) in [7, 11) is 0. The predicted octanol–water partition coefficient (Wildman–Crippen LogP) is 4.35. The number of pyridine rings is 1. The van der Waals surface area contributed by atoms with E-state index in [2.05, 4.69) is 25.7 Å². The molecule has 0 bridgehead atoms. The minimum absolute atomic E-state index is 0.231. The van der Waals surface area contributed by atoms with Crippen LogP contribution in [0.2, 0.25) is 0 Å². The highest BCUT2D eigenvalue weighted by molar-refractivity contribution is 6.13. The number of aromatic amines is 1. The van der Waals surface area contributed by atoms with Gasteiger partial charge in [0.1, 0.15) is 0 Å². The van der Waals surface area contributed by atoms with Crippen LogP contribution >= 0.6 is 0 Å². The van der Waals surface area contributed by atoms with E-state index in [1.54, 1.807) is 13.0 Å². The molecule has 1 amide bonds. The van der Waals surface area contributed by atoms with Crippen LogP contribution in [0.5, 0.6) is 0 Å². The number of rotatable bonds is 4. The van der Waals surface area contributed by atoms with E-state index >= 15 is 0 Å². The van der Waals surface area contributed by atoms with Crippen LogP contribution in [0.25, 0.3) is 22.4 Å². The van der Waals surface area contributed by atoms with Crippen LogP contribution in [0.1, 0.15) is 39.9 Å². The number of aryl methyl sites for hydroxylation is 4. The molecular weight excluding hydrogens is 354 g/mol. The number of carbonyl (C=O) groups is 1. The summed E-state index contributed by atoms with van der Waals surface area (Å²) in [5.41, 5.74) is 6.69. The number of aromatic nitrogens is 4. The Bertz CT molecular complexity index is 1190. The SMILES string of the molecule is CCc1cc(C(=O)Nc2ccc(C)cc2-c2cc(C)[nH]n2)c2c(C)noc2n1. The van der Waals surface area contributed by atoms with Crippen LogP contribution in [-0.4, -0.2) is 26.2 Å². The molecule has 4 rings (SSSR count). The highest BCUT2D eigenvalue weighted by atomic mass is 16.5. The molecule has 7 nitrogen and oxygen atoms in total. The van der Waals surface area contributed by atoms with Crippen LogP contribution in [0, 0.1) is 20.8 Å². The first-order valence-corrected chi connectivity index (χ1v) is 9.16. The van der Waals surface area contributed by atoms with E-state index < -0.39 is 0 Å². The monoisotopic (exact) mass is 375 g/mol. The fraction of sp³-hybridized carbons (Fsp3) is 0.238. The lowest BCUT2D eigenvalue weighted by molar-refractivity contribution is 0.102. The quantitative estimate of drug-likeness (QED) is 0.553.